The summed E-state index contributed by atoms with van der Waals surface area (Å²) in [4.78, 5) is 23.2. The van der Waals surface area contributed by atoms with E-state index in [0.717, 1.165) is 42.9 Å². The molecule has 0 atom stereocenters. The third-order valence-corrected chi connectivity index (χ3v) is 4.78. The second-order valence-electron chi connectivity index (χ2n) is 6.70. The first-order chi connectivity index (χ1) is 12.8. The van der Waals surface area contributed by atoms with Crippen LogP contribution < -0.4 is 10.6 Å². The summed E-state index contributed by atoms with van der Waals surface area (Å²) in [5.74, 6) is 0.641. The second kappa shape index (κ2) is 7.70. The molecule has 2 aromatic rings. The van der Waals surface area contributed by atoms with E-state index in [9.17, 15) is 4.79 Å². The molecule has 2 amide bonds. The minimum atomic E-state index is -0.0780. The molecule has 1 fully saturated rings. The molecule has 0 unspecified atom stereocenters. The van der Waals surface area contributed by atoms with Gasteiger partial charge in [0.1, 0.15) is 0 Å². The SMILES string of the molecule is O=C(NCc1ccccc1)N1Cc2cnc(NC3CCOCC3)nc2C1. The Morgan fingerprint density at radius 3 is 2.81 bits per heavy atom. The Bertz CT molecular complexity index is 762. The molecule has 1 saturated heterocycles. The molecular formula is C19H23N5O2. The van der Waals surface area contributed by atoms with Crippen LogP contribution in [0.2, 0.25) is 0 Å². The lowest BCUT2D eigenvalue weighted by Gasteiger charge is -2.23. The van der Waals surface area contributed by atoms with E-state index in [1.165, 1.54) is 0 Å². The average molecular weight is 353 g/mol. The van der Waals surface area contributed by atoms with E-state index >= 15 is 0 Å². The van der Waals surface area contributed by atoms with Crippen molar-refractivity contribution >= 4 is 12.0 Å². The number of hydrogen-bond donors (Lipinski definition) is 2. The summed E-state index contributed by atoms with van der Waals surface area (Å²) in [7, 11) is 0. The number of ether oxygens (including phenoxy) is 1. The summed E-state index contributed by atoms with van der Waals surface area (Å²) < 4.78 is 5.37. The molecule has 0 saturated carbocycles. The molecule has 3 heterocycles. The van der Waals surface area contributed by atoms with Crippen LogP contribution in [0.25, 0.3) is 0 Å². The first-order valence-electron chi connectivity index (χ1n) is 9.04. The predicted molar refractivity (Wildman–Crippen MR) is 97.4 cm³/mol. The number of nitrogens with zero attached hydrogens (tertiary/aromatic N) is 3. The van der Waals surface area contributed by atoms with Gasteiger partial charge in [-0.2, -0.15) is 0 Å². The van der Waals surface area contributed by atoms with Crippen molar-refractivity contribution in [2.75, 3.05) is 18.5 Å². The van der Waals surface area contributed by atoms with Gasteiger partial charge in [-0.1, -0.05) is 30.3 Å². The molecule has 0 spiro atoms. The highest BCUT2D eigenvalue weighted by Crippen LogP contribution is 2.22. The van der Waals surface area contributed by atoms with E-state index in [1.54, 1.807) is 4.90 Å². The van der Waals surface area contributed by atoms with Gasteiger partial charge in [-0.05, 0) is 18.4 Å². The Hall–Kier alpha value is -2.67. The molecule has 1 aromatic carbocycles. The van der Waals surface area contributed by atoms with E-state index in [2.05, 4.69) is 20.6 Å². The highest BCUT2D eigenvalue weighted by atomic mass is 16.5. The van der Waals surface area contributed by atoms with Crippen LogP contribution in [-0.4, -0.2) is 40.2 Å². The van der Waals surface area contributed by atoms with Gasteiger partial charge in [0.2, 0.25) is 5.95 Å². The summed E-state index contributed by atoms with van der Waals surface area (Å²) in [6, 6.07) is 10.2. The summed E-state index contributed by atoms with van der Waals surface area (Å²) in [5.41, 5.74) is 3.02. The van der Waals surface area contributed by atoms with E-state index in [4.69, 9.17) is 4.74 Å². The number of carbonyl (C=O) groups is 1. The van der Waals surface area contributed by atoms with E-state index in [1.807, 2.05) is 36.5 Å². The number of anilines is 1. The molecule has 0 aliphatic carbocycles. The molecule has 26 heavy (non-hydrogen) atoms. The second-order valence-corrected chi connectivity index (χ2v) is 6.70. The quantitative estimate of drug-likeness (QED) is 0.882. The lowest BCUT2D eigenvalue weighted by atomic mass is 10.1. The maximum atomic E-state index is 12.4. The Kier molecular flexibility index (Phi) is 4.97. The first kappa shape index (κ1) is 16.8. The van der Waals surface area contributed by atoms with Gasteiger partial charge in [0.25, 0.3) is 0 Å². The van der Waals surface area contributed by atoms with Gasteiger partial charge >= 0.3 is 6.03 Å². The smallest absolute Gasteiger partial charge is 0.318 e. The third-order valence-electron chi connectivity index (χ3n) is 4.78. The fourth-order valence-electron chi connectivity index (χ4n) is 3.28. The summed E-state index contributed by atoms with van der Waals surface area (Å²) in [6.45, 7) is 3.14. The van der Waals surface area contributed by atoms with Crippen molar-refractivity contribution in [2.45, 2.75) is 38.5 Å². The molecular weight excluding hydrogens is 330 g/mol. The molecule has 2 N–H and O–H groups in total. The average Bonchev–Trinajstić information content (AvgIpc) is 3.11. The zero-order valence-corrected chi connectivity index (χ0v) is 14.6. The van der Waals surface area contributed by atoms with Gasteiger partial charge in [-0.25, -0.2) is 14.8 Å². The van der Waals surface area contributed by atoms with Crippen LogP contribution >= 0.6 is 0 Å². The maximum absolute atomic E-state index is 12.4. The monoisotopic (exact) mass is 353 g/mol. The lowest BCUT2D eigenvalue weighted by molar-refractivity contribution is 0.0903. The van der Waals surface area contributed by atoms with Crippen LogP contribution in [-0.2, 0) is 24.4 Å². The molecule has 2 aliphatic rings. The maximum Gasteiger partial charge on any atom is 0.318 e. The number of hydrogen-bond acceptors (Lipinski definition) is 5. The number of aromatic nitrogens is 2. The number of carbonyl (C=O) groups excluding carboxylic acids is 1. The van der Waals surface area contributed by atoms with Crippen molar-refractivity contribution in [2.24, 2.45) is 0 Å². The fraction of sp³-hybridized carbons (Fsp3) is 0.421. The number of amides is 2. The molecule has 4 rings (SSSR count). The molecule has 7 heteroatoms. The van der Waals surface area contributed by atoms with Crippen LogP contribution in [0.4, 0.5) is 10.7 Å². The number of benzene rings is 1. The largest absolute Gasteiger partial charge is 0.381 e. The normalized spacial score (nSPS) is 17.0. The van der Waals surface area contributed by atoms with Gasteiger partial charge in [-0.3, -0.25) is 0 Å². The van der Waals surface area contributed by atoms with Gasteiger partial charge in [0.15, 0.2) is 0 Å². The molecule has 0 radical (unpaired) electrons. The van der Waals surface area contributed by atoms with Crippen molar-refractivity contribution in [3.8, 4) is 0 Å². The standard InChI is InChI=1S/C19H23N5O2/c25-19(21-10-14-4-2-1-3-5-14)24-12-15-11-20-18(23-17(15)13-24)22-16-6-8-26-9-7-16/h1-5,11,16H,6-10,12-13H2,(H,21,25)(H,20,22,23). The van der Waals surface area contributed by atoms with Crippen molar-refractivity contribution in [1.29, 1.82) is 0 Å². The predicted octanol–water partition coefficient (Wildman–Crippen LogP) is 2.29. The van der Waals surface area contributed by atoms with Crippen molar-refractivity contribution in [3.05, 3.63) is 53.3 Å². The molecule has 1 aromatic heterocycles. The topological polar surface area (TPSA) is 79.4 Å². The fourth-order valence-corrected chi connectivity index (χ4v) is 3.28. The Balaban J connectivity index is 1.33. The zero-order valence-electron chi connectivity index (χ0n) is 14.6. The van der Waals surface area contributed by atoms with Crippen LogP contribution in [0.1, 0.15) is 29.7 Å². The van der Waals surface area contributed by atoms with Crippen LogP contribution in [0, 0.1) is 0 Å². The van der Waals surface area contributed by atoms with Crippen LogP contribution in [0.15, 0.2) is 36.5 Å². The van der Waals surface area contributed by atoms with Crippen LogP contribution in [0.5, 0.6) is 0 Å². The van der Waals surface area contributed by atoms with Crippen molar-refractivity contribution in [1.82, 2.24) is 20.2 Å². The van der Waals surface area contributed by atoms with E-state index in [-0.39, 0.29) is 6.03 Å². The first-order valence-corrected chi connectivity index (χ1v) is 9.04. The number of rotatable bonds is 4. The van der Waals surface area contributed by atoms with Gasteiger partial charge in [0, 0.05) is 37.6 Å². The molecule has 0 bridgehead atoms. The molecule has 2 aliphatic heterocycles. The Labute approximate surface area is 152 Å². The third kappa shape index (κ3) is 3.94. The van der Waals surface area contributed by atoms with Crippen molar-refractivity contribution < 1.29 is 9.53 Å². The van der Waals surface area contributed by atoms with Gasteiger partial charge in [0.05, 0.1) is 18.8 Å². The highest BCUT2D eigenvalue weighted by molar-refractivity contribution is 5.74. The number of nitrogens with one attached hydrogen (secondary N) is 2. The Morgan fingerprint density at radius 2 is 2.00 bits per heavy atom. The minimum Gasteiger partial charge on any atom is -0.381 e. The number of urea groups is 1. The summed E-state index contributed by atoms with van der Waals surface area (Å²) in [5, 5.41) is 6.35. The number of fused-ring (bicyclic) bond motifs is 1. The summed E-state index contributed by atoms with van der Waals surface area (Å²) >= 11 is 0. The summed E-state index contributed by atoms with van der Waals surface area (Å²) in [6.07, 6.45) is 3.76. The zero-order chi connectivity index (χ0) is 17.8. The van der Waals surface area contributed by atoms with E-state index < -0.39 is 0 Å². The highest BCUT2D eigenvalue weighted by Gasteiger charge is 2.25. The van der Waals surface area contributed by atoms with Gasteiger partial charge < -0.3 is 20.3 Å². The minimum absolute atomic E-state index is 0.0780. The van der Waals surface area contributed by atoms with E-state index in [0.29, 0.717) is 31.6 Å². The van der Waals surface area contributed by atoms with Gasteiger partial charge in [-0.15, -0.1) is 0 Å². The molecule has 7 nitrogen and oxygen atoms in total. The lowest BCUT2D eigenvalue weighted by Crippen LogP contribution is -2.36. The van der Waals surface area contributed by atoms with Crippen molar-refractivity contribution in [3.63, 3.8) is 0 Å². The van der Waals surface area contributed by atoms with Crippen LogP contribution in [0.3, 0.4) is 0 Å². The molecule has 136 valence electrons. The Morgan fingerprint density at radius 1 is 1.19 bits per heavy atom.